The van der Waals surface area contributed by atoms with Gasteiger partial charge in [-0.3, -0.25) is 10.1 Å². The van der Waals surface area contributed by atoms with Gasteiger partial charge in [-0.15, -0.1) is 0 Å². The lowest BCUT2D eigenvalue weighted by Gasteiger charge is -2.29. The van der Waals surface area contributed by atoms with Crippen LogP contribution in [0.15, 0.2) is 0 Å². The van der Waals surface area contributed by atoms with Crippen molar-refractivity contribution in [3.63, 3.8) is 0 Å². The van der Waals surface area contributed by atoms with Crippen LogP contribution in [-0.4, -0.2) is 31.6 Å². The van der Waals surface area contributed by atoms with Gasteiger partial charge in [-0.1, -0.05) is 32.6 Å². The number of unbranched alkanes of at least 4 members (excludes halogenated alkanes) is 3. The Hall–Kier alpha value is -0.633. The van der Waals surface area contributed by atoms with Gasteiger partial charge in [-0.2, -0.15) is 13.2 Å². The van der Waals surface area contributed by atoms with E-state index < -0.39 is 31.6 Å². The molecule has 0 bridgehead atoms. The van der Waals surface area contributed by atoms with E-state index in [0.717, 1.165) is 19.3 Å². The molecule has 0 amide bonds. The van der Waals surface area contributed by atoms with Crippen LogP contribution in [-0.2, 0) is 4.43 Å². The lowest BCUT2D eigenvalue weighted by atomic mass is 10.0. The summed E-state index contributed by atoms with van der Waals surface area (Å²) in [4.78, 5) is 9.52. The summed E-state index contributed by atoms with van der Waals surface area (Å²) in [5, 5.41) is 10.8. The molecule has 8 heteroatoms. The Balaban J connectivity index is 4.92. The lowest BCUT2D eigenvalue weighted by Crippen LogP contribution is -2.50. The Kier molecular flexibility index (Phi) is 7.72. The first-order chi connectivity index (χ1) is 8.99. The fourth-order valence-electron chi connectivity index (χ4n) is 1.97. The second-order valence-corrected chi connectivity index (χ2v) is 10.4. The lowest BCUT2D eigenvalue weighted by molar-refractivity contribution is -0.573. The van der Waals surface area contributed by atoms with Crippen LogP contribution < -0.4 is 0 Å². The maximum absolute atomic E-state index is 12.9. The first kappa shape index (κ1) is 19.4. The van der Waals surface area contributed by atoms with Crippen molar-refractivity contribution < 1.29 is 22.5 Å². The summed E-state index contributed by atoms with van der Waals surface area (Å²) in [6.45, 7) is 7.20. The van der Waals surface area contributed by atoms with Crippen molar-refractivity contribution in [2.75, 3.05) is 0 Å². The maximum atomic E-state index is 12.9. The first-order valence-electron chi connectivity index (χ1n) is 6.87. The summed E-state index contributed by atoms with van der Waals surface area (Å²) >= 11 is 0. The van der Waals surface area contributed by atoms with Gasteiger partial charge in [-0.05, 0) is 26.1 Å². The van der Waals surface area contributed by atoms with E-state index in [-0.39, 0.29) is 6.42 Å². The van der Waals surface area contributed by atoms with Gasteiger partial charge < -0.3 is 4.43 Å². The van der Waals surface area contributed by atoms with Crippen molar-refractivity contribution >= 4 is 8.32 Å². The highest BCUT2D eigenvalue weighted by atomic mass is 28.4. The zero-order valence-electron chi connectivity index (χ0n) is 12.5. The predicted molar refractivity (Wildman–Crippen MR) is 73.8 cm³/mol. The molecule has 120 valence electrons. The molecule has 0 radical (unpaired) electrons. The van der Waals surface area contributed by atoms with Gasteiger partial charge in [0.1, 0.15) is 6.10 Å². The summed E-state index contributed by atoms with van der Waals surface area (Å²) in [5.41, 5.74) is 0. The monoisotopic (exact) mass is 315 g/mol. The summed E-state index contributed by atoms with van der Waals surface area (Å²) in [6.07, 6.45) is -3.03. The van der Waals surface area contributed by atoms with Crippen LogP contribution in [0.2, 0.25) is 19.6 Å². The van der Waals surface area contributed by atoms with E-state index in [1.54, 1.807) is 19.6 Å². The quantitative estimate of drug-likeness (QED) is 0.274. The summed E-state index contributed by atoms with van der Waals surface area (Å²) < 4.78 is 44.0. The first-order valence-corrected chi connectivity index (χ1v) is 10.3. The highest BCUT2D eigenvalue weighted by molar-refractivity contribution is 6.69. The minimum Gasteiger partial charge on any atom is -0.407 e. The van der Waals surface area contributed by atoms with E-state index in [9.17, 15) is 23.3 Å². The van der Waals surface area contributed by atoms with E-state index >= 15 is 0 Å². The highest BCUT2D eigenvalue weighted by Crippen LogP contribution is 2.30. The number of alkyl halides is 3. The Labute approximate surface area is 119 Å². The van der Waals surface area contributed by atoms with E-state index in [0.29, 0.717) is 6.42 Å². The molecule has 0 aromatic heterocycles. The van der Waals surface area contributed by atoms with Gasteiger partial charge >= 0.3 is 12.2 Å². The molecule has 0 fully saturated rings. The molecule has 20 heavy (non-hydrogen) atoms. The van der Waals surface area contributed by atoms with Crippen LogP contribution in [0.25, 0.3) is 0 Å². The second-order valence-electron chi connectivity index (χ2n) is 5.89. The molecule has 0 spiro atoms. The molecule has 4 nitrogen and oxygen atoms in total. The normalized spacial score (nSPS) is 15.9. The fraction of sp³-hybridized carbons (Fsp3) is 1.00. The maximum Gasteiger partial charge on any atom is 0.460 e. The van der Waals surface area contributed by atoms with Crippen molar-refractivity contribution in [2.24, 2.45) is 0 Å². The van der Waals surface area contributed by atoms with Crippen LogP contribution in [0, 0.1) is 10.1 Å². The van der Waals surface area contributed by atoms with Crippen molar-refractivity contribution in [3.8, 4) is 0 Å². The molecule has 0 N–H and O–H groups in total. The third-order valence-electron chi connectivity index (χ3n) is 2.76. The molecule has 0 aromatic carbocycles. The molecule has 0 aromatic rings. The molecule has 0 heterocycles. The Morgan fingerprint density at radius 1 is 1.20 bits per heavy atom. The smallest absolute Gasteiger partial charge is 0.407 e. The average molecular weight is 315 g/mol. The van der Waals surface area contributed by atoms with Gasteiger partial charge in [0.25, 0.3) is 0 Å². The molecule has 0 saturated carbocycles. The number of halogens is 3. The summed E-state index contributed by atoms with van der Waals surface area (Å²) in [6, 6.07) is -2.63. The Morgan fingerprint density at radius 2 is 1.75 bits per heavy atom. The van der Waals surface area contributed by atoms with Crippen molar-refractivity contribution in [3.05, 3.63) is 10.1 Å². The summed E-state index contributed by atoms with van der Waals surface area (Å²) in [7, 11) is -2.28. The zero-order chi connectivity index (χ0) is 16.0. The minimum absolute atomic E-state index is 0.0788. The van der Waals surface area contributed by atoms with E-state index in [2.05, 4.69) is 0 Å². The molecular formula is C12H24F3NO3Si. The van der Waals surface area contributed by atoms with Crippen LogP contribution >= 0.6 is 0 Å². The van der Waals surface area contributed by atoms with Crippen LogP contribution in [0.5, 0.6) is 0 Å². The molecule has 0 aliphatic rings. The van der Waals surface area contributed by atoms with Gasteiger partial charge in [0, 0.05) is 4.92 Å². The van der Waals surface area contributed by atoms with Crippen LogP contribution in [0.1, 0.15) is 39.0 Å². The third-order valence-corrected chi connectivity index (χ3v) is 3.77. The van der Waals surface area contributed by atoms with Crippen molar-refractivity contribution in [1.82, 2.24) is 0 Å². The SMILES string of the molecule is CCCCCC[C@H](O[Si](C)(C)C)[C@@H]([N+](=O)[O-])C(F)(F)F. The van der Waals surface area contributed by atoms with Crippen molar-refractivity contribution in [1.29, 1.82) is 0 Å². The third kappa shape index (κ3) is 7.84. The van der Waals surface area contributed by atoms with E-state index in [1.165, 1.54) is 0 Å². The van der Waals surface area contributed by atoms with Crippen LogP contribution in [0.4, 0.5) is 13.2 Å². The van der Waals surface area contributed by atoms with Gasteiger partial charge in [0.15, 0.2) is 8.32 Å². The van der Waals surface area contributed by atoms with E-state index in [1.807, 2.05) is 6.92 Å². The fourth-order valence-corrected chi connectivity index (χ4v) is 3.13. The molecule has 0 aliphatic carbocycles. The van der Waals surface area contributed by atoms with Crippen molar-refractivity contribution in [2.45, 2.75) is 77.0 Å². The Bertz CT molecular complexity index is 305. The van der Waals surface area contributed by atoms with Gasteiger partial charge in [0.05, 0.1) is 0 Å². The molecule has 2 atom stereocenters. The molecule has 0 unspecified atom stereocenters. The molecule has 0 aliphatic heterocycles. The van der Waals surface area contributed by atoms with E-state index in [4.69, 9.17) is 4.43 Å². The number of hydrogen-bond acceptors (Lipinski definition) is 3. The largest absolute Gasteiger partial charge is 0.460 e. The van der Waals surface area contributed by atoms with Crippen LogP contribution in [0.3, 0.4) is 0 Å². The topological polar surface area (TPSA) is 52.4 Å². The average Bonchev–Trinajstić information content (AvgIpc) is 2.19. The van der Waals surface area contributed by atoms with Gasteiger partial charge in [0.2, 0.25) is 0 Å². The number of hydrogen-bond donors (Lipinski definition) is 0. The standard InChI is InChI=1S/C12H24F3NO3Si/c1-5-6-7-8-9-10(19-20(2,3)4)11(16(17)18)12(13,14)15/h10-11H,5-9H2,1-4H3/t10-,11+/m0/s1. The molecular weight excluding hydrogens is 291 g/mol. The number of nitro groups is 1. The minimum atomic E-state index is -4.88. The Morgan fingerprint density at radius 3 is 2.10 bits per heavy atom. The highest BCUT2D eigenvalue weighted by Gasteiger charge is 2.55. The zero-order valence-corrected chi connectivity index (χ0v) is 13.5. The van der Waals surface area contributed by atoms with Gasteiger partial charge in [-0.25, -0.2) is 0 Å². The predicted octanol–water partition coefficient (Wildman–Crippen LogP) is 4.38. The summed E-state index contributed by atoms with van der Waals surface area (Å²) in [5.74, 6) is 0. The molecule has 0 rings (SSSR count). The number of nitrogens with zero attached hydrogens (tertiary/aromatic N) is 1. The number of rotatable bonds is 9. The molecule has 0 saturated heterocycles. The second kappa shape index (κ2) is 7.97.